The topological polar surface area (TPSA) is 50.2 Å². The molecule has 0 saturated carbocycles. The molecule has 5 nitrogen and oxygen atoms in total. The van der Waals surface area contributed by atoms with E-state index in [2.05, 4.69) is 35.5 Å². The van der Waals surface area contributed by atoms with Crippen LogP contribution in [-0.2, 0) is 13.5 Å². The van der Waals surface area contributed by atoms with Crippen LogP contribution in [0.3, 0.4) is 0 Å². The monoisotopic (exact) mass is 312 g/mol. The maximum Gasteiger partial charge on any atom is 0.317 e. The molecule has 1 unspecified atom stereocenters. The van der Waals surface area contributed by atoms with Gasteiger partial charge in [-0.2, -0.15) is 5.10 Å². The van der Waals surface area contributed by atoms with E-state index in [9.17, 15) is 4.79 Å². The van der Waals surface area contributed by atoms with Gasteiger partial charge in [-0.25, -0.2) is 4.79 Å². The van der Waals surface area contributed by atoms with Crippen LogP contribution in [0.15, 0.2) is 36.7 Å². The minimum absolute atomic E-state index is 0.0413. The highest BCUT2D eigenvalue weighted by atomic mass is 16.2. The summed E-state index contributed by atoms with van der Waals surface area (Å²) in [6.45, 7) is 3.59. The van der Waals surface area contributed by atoms with E-state index < -0.39 is 0 Å². The molecule has 1 N–H and O–H groups in total. The number of likely N-dealkylation sites (tertiary alicyclic amines) is 1. The van der Waals surface area contributed by atoms with E-state index in [0.717, 1.165) is 31.4 Å². The highest BCUT2D eigenvalue weighted by Crippen LogP contribution is 2.33. The molecule has 2 heterocycles. The molecule has 1 atom stereocenters. The summed E-state index contributed by atoms with van der Waals surface area (Å²) in [5.74, 6) is 0. The van der Waals surface area contributed by atoms with Crippen LogP contribution in [0.2, 0.25) is 0 Å². The number of aromatic nitrogens is 2. The van der Waals surface area contributed by atoms with Gasteiger partial charge in [0.05, 0.1) is 12.2 Å². The molecule has 23 heavy (non-hydrogen) atoms. The molecule has 1 saturated heterocycles. The van der Waals surface area contributed by atoms with Gasteiger partial charge in [-0.1, -0.05) is 24.3 Å². The van der Waals surface area contributed by atoms with Crippen LogP contribution in [0, 0.1) is 6.92 Å². The van der Waals surface area contributed by atoms with E-state index in [1.807, 2.05) is 30.4 Å². The standard InChI is InChI=1S/C18H24N4O/c1-14-6-3-4-7-16(14)17-8-5-11-22(17)18(23)19-10-9-15-12-20-21(2)13-15/h3-4,6-7,12-13,17H,5,8-11H2,1-2H3,(H,19,23). The summed E-state index contributed by atoms with van der Waals surface area (Å²) < 4.78 is 1.78. The summed E-state index contributed by atoms with van der Waals surface area (Å²) in [5.41, 5.74) is 3.67. The van der Waals surface area contributed by atoms with Crippen LogP contribution < -0.4 is 5.32 Å². The van der Waals surface area contributed by atoms with Crippen molar-refractivity contribution in [3.8, 4) is 0 Å². The zero-order valence-corrected chi connectivity index (χ0v) is 13.8. The third-order valence-electron chi connectivity index (χ3n) is 4.51. The lowest BCUT2D eigenvalue weighted by Gasteiger charge is -2.26. The molecule has 0 aliphatic carbocycles. The molecule has 1 fully saturated rings. The molecule has 5 heteroatoms. The van der Waals surface area contributed by atoms with Crippen LogP contribution in [-0.4, -0.2) is 33.8 Å². The van der Waals surface area contributed by atoms with Crippen LogP contribution in [0.25, 0.3) is 0 Å². The SMILES string of the molecule is Cc1ccccc1C1CCCN1C(=O)NCCc1cnn(C)c1. The lowest BCUT2D eigenvalue weighted by atomic mass is 9.99. The summed E-state index contributed by atoms with van der Waals surface area (Å²) in [6, 6.07) is 8.60. The normalized spacial score (nSPS) is 17.5. The summed E-state index contributed by atoms with van der Waals surface area (Å²) in [4.78, 5) is 14.5. The summed E-state index contributed by atoms with van der Waals surface area (Å²) in [7, 11) is 1.90. The van der Waals surface area contributed by atoms with Gasteiger partial charge in [0, 0.05) is 26.3 Å². The number of aryl methyl sites for hydroxylation is 2. The van der Waals surface area contributed by atoms with Crippen molar-refractivity contribution in [3.63, 3.8) is 0 Å². The maximum atomic E-state index is 12.5. The van der Waals surface area contributed by atoms with Gasteiger partial charge in [0.15, 0.2) is 0 Å². The number of nitrogens with one attached hydrogen (secondary N) is 1. The first-order valence-electron chi connectivity index (χ1n) is 8.22. The van der Waals surface area contributed by atoms with Crippen molar-refractivity contribution in [2.24, 2.45) is 7.05 Å². The fourth-order valence-corrected chi connectivity index (χ4v) is 3.31. The summed E-state index contributed by atoms with van der Waals surface area (Å²) >= 11 is 0. The van der Waals surface area contributed by atoms with Gasteiger partial charge in [-0.15, -0.1) is 0 Å². The molecular formula is C18H24N4O. The largest absolute Gasteiger partial charge is 0.338 e. The van der Waals surface area contributed by atoms with Crippen molar-refractivity contribution >= 4 is 6.03 Å². The van der Waals surface area contributed by atoms with E-state index in [1.54, 1.807) is 4.68 Å². The fourth-order valence-electron chi connectivity index (χ4n) is 3.31. The Morgan fingerprint density at radius 1 is 1.39 bits per heavy atom. The first-order valence-corrected chi connectivity index (χ1v) is 8.22. The van der Waals surface area contributed by atoms with Crippen molar-refractivity contribution < 1.29 is 4.79 Å². The second kappa shape index (κ2) is 6.86. The predicted octanol–water partition coefficient (Wildman–Crippen LogP) is 2.82. The summed E-state index contributed by atoms with van der Waals surface area (Å²) in [6.07, 6.45) is 6.74. The van der Waals surface area contributed by atoms with Gasteiger partial charge in [0.1, 0.15) is 0 Å². The predicted molar refractivity (Wildman–Crippen MR) is 90.2 cm³/mol. The highest BCUT2D eigenvalue weighted by Gasteiger charge is 2.30. The highest BCUT2D eigenvalue weighted by molar-refractivity contribution is 5.75. The molecule has 1 aliphatic rings. The number of benzene rings is 1. The number of hydrogen-bond donors (Lipinski definition) is 1. The molecule has 0 bridgehead atoms. The Balaban J connectivity index is 1.59. The van der Waals surface area contributed by atoms with E-state index in [4.69, 9.17) is 0 Å². The molecular weight excluding hydrogens is 288 g/mol. The number of nitrogens with zero attached hydrogens (tertiary/aromatic N) is 3. The van der Waals surface area contributed by atoms with Crippen molar-refractivity contribution in [1.82, 2.24) is 20.0 Å². The maximum absolute atomic E-state index is 12.5. The number of urea groups is 1. The van der Waals surface area contributed by atoms with Crippen molar-refractivity contribution in [2.75, 3.05) is 13.1 Å². The third-order valence-corrected chi connectivity index (χ3v) is 4.51. The number of carbonyl (C=O) groups excluding carboxylic acids is 1. The van der Waals surface area contributed by atoms with E-state index >= 15 is 0 Å². The fraction of sp³-hybridized carbons (Fsp3) is 0.444. The average molecular weight is 312 g/mol. The first-order chi connectivity index (χ1) is 11.1. The van der Waals surface area contributed by atoms with Gasteiger partial charge in [-0.05, 0) is 42.9 Å². The number of carbonyl (C=O) groups is 1. The smallest absolute Gasteiger partial charge is 0.317 e. The van der Waals surface area contributed by atoms with Crippen LogP contribution in [0.5, 0.6) is 0 Å². The van der Waals surface area contributed by atoms with E-state index in [-0.39, 0.29) is 12.1 Å². The average Bonchev–Trinajstić information content (AvgIpc) is 3.17. The first kappa shape index (κ1) is 15.6. The Bertz CT molecular complexity index is 679. The van der Waals surface area contributed by atoms with Crippen molar-refractivity contribution in [1.29, 1.82) is 0 Å². The molecule has 1 aromatic carbocycles. The Morgan fingerprint density at radius 2 is 2.22 bits per heavy atom. The van der Waals surface area contributed by atoms with Gasteiger partial charge >= 0.3 is 6.03 Å². The second-order valence-corrected chi connectivity index (χ2v) is 6.21. The van der Waals surface area contributed by atoms with Crippen LogP contribution >= 0.6 is 0 Å². The lowest BCUT2D eigenvalue weighted by Crippen LogP contribution is -2.40. The lowest BCUT2D eigenvalue weighted by molar-refractivity contribution is 0.193. The van der Waals surface area contributed by atoms with Crippen LogP contribution in [0.4, 0.5) is 4.79 Å². The van der Waals surface area contributed by atoms with E-state index in [0.29, 0.717) is 6.54 Å². The molecule has 122 valence electrons. The van der Waals surface area contributed by atoms with Gasteiger partial charge < -0.3 is 10.2 Å². The molecule has 1 aromatic heterocycles. The summed E-state index contributed by atoms with van der Waals surface area (Å²) in [5, 5.41) is 7.20. The quantitative estimate of drug-likeness (QED) is 0.944. The zero-order valence-electron chi connectivity index (χ0n) is 13.8. The molecule has 0 spiro atoms. The van der Waals surface area contributed by atoms with E-state index in [1.165, 1.54) is 11.1 Å². The molecule has 2 amide bonds. The minimum Gasteiger partial charge on any atom is -0.338 e. The number of hydrogen-bond acceptors (Lipinski definition) is 2. The van der Waals surface area contributed by atoms with Gasteiger partial charge in [0.25, 0.3) is 0 Å². The third kappa shape index (κ3) is 3.55. The molecule has 1 aliphatic heterocycles. The molecule has 3 rings (SSSR count). The minimum atomic E-state index is 0.0413. The second-order valence-electron chi connectivity index (χ2n) is 6.21. The molecule has 0 radical (unpaired) electrons. The van der Waals surface area contributed by atoms with Crippen LogP contribution in [0.1, 0.15) is 35.6 Å². The Labute approximate surface area is 137 Å². The van der Waals surface area contributed by atoms with Gasteiger partial charge in [0.2, 0.25) is 0 Å². The van der Waals surface area contributed by atoms with Crippen molar-refractivity contribution in [3.05, 3.63) is 53.3 Å². The Kier molecular flexibility index (Phi) is 4.65. The zero-order chi connectivity index (χ0) is 16.2. The Hall–Kier alpha value is -2.30. The number of rotatable bonds is 4. The number of amides is 2. The van der Waals surface area contributed by atoms with Gasteiger partial charge in [-0.3, -0.25) is 4.68 Å². The molecule has 2 aromatic rings. The van der Waals surface area contributed by atoms with Crippen molar-refractivity contribution in [2.45, 2.75) is 32.2 Å². The Morgan fingerprint density at radius 3 is 2.96 bits per heavy atom.